The van der Waals surface area contributed by atoms with Crippen LogP contribution < -0.4 is 0 Å². The van der Waals surface area contributed by atoms with Crippen molar-refractivity contribution in [2.45, 2.75) is 30.7 Å². The van der Waals surface area contributed by atoms with Gasteiger partial charge in [-0.05, 0) is 26.0 Å². The summed E-state index contributed by atoms with van der Waals surface area (Å²) in [6, 6.07) is 5.40. The smallest absolute Gasteiger partial charge is 0.345 e. The normalized spacial score (nSPS) is 18.3. The Morgan fingerprint density at radius 1 is 1.10 bits per heavy atom. The molecule has 0 spiro atoms. The molecule has 0 radical (unpaired) electrons. The molecule has 1 aromatic carbocycles. The van der Waals surface area contributed by atoms with E-state index in [1.807, 2.05) is 0 Å². The summed E-state index contributed by atoms with van der Waals surface area (Å²) in [6.45, 7) is 3.08. The Kier molecular flexibility index (Phi) is 6.31. The highest BCUT2D eigenvalue weighted by Crippen LogP contribution is 2.42. The quantitative estimate of drug-likeness (QED) is 0.354. The van der Waals surface area contributed by atoms with E-state index in [1.165, 1.54) is 31.2 Å². The number of carbonyl (C=O) groups is 4. The number of aryl methyl sites for hydroxylation is 1. The summed E-state index contributed by atoms with van der Waals surface area (Å²) >= 11 is 0. The van der Waals surface area contributed by atoms with E-state index in [0.717, 1.165) is 19.8 Å². The summed E-state index contributed by atoms with van der Waals surface area (Å²) in [5, 5.41) is 0. The molecular formula is C18H21NO9S. The molecule has 0 aliphatic carbocycles. The van der Waals surface area contributed by atoms with Crippen LogP contribution in [0.3, 0.4) is 0 Å². The molecule has 1 amide bonds. The van der Waals surface area contributed by atoms with E-state index in [0.29, 0.717) is 0 Å². The van der Waals surface area contributed by atoms with Crippen LogP contribution in [0.4, 0.5) is 0 Å². The zero-order valence-electron chi connectivity index (χ0n) is 16.3. The molecule has 1 aliphatic rings. The summed E-state index contributed by atoms with van der Waals surface area (Å²) in [4.78, 5) is 50.4. The molecule has 0 aromatic heterocycles. The van der Waals surface area contributed by atoms with Gasteiger partial charge < -0.3 is 14.2 Å². The van der Waals surface area contributed by atoms with Crippen LogP contribution in [0, 0.1) is 12.8 Å². The van der Waals surface area contributed by atoms with Crippen LogP contribution in [-0.4, -0.2) is 62.9 Å². The number of esters is 3. The monoisotopic (exact) mass is 427 g/mol. The number of sulfonamides is 1. The highest BCUT2D eigenvalue weighted by Gasteiger charge is 2.71. The average Bonchev–Trinajstić information content (AvgIpc) is 3.02. The third kappa shape index (κ3) is 3.46. The minimum atomic E-state index is -4.73. The first kappa shape index (κ1) is 22.3. The fourth-order valence-electron chi connectivity index (χ4n) is 3.22. The number of ether oxygens (including phenoxy) is 3. The number of hydrogen-bond donors (Lipinski definition) is 0. The van der Waals surface area contributed by atoms with Crippen molar-refractivity contribution in [2.75, 3.05) is 20.8 Å². The van der Waals surface area contributed by atoms with E-state index >= 15 is 0 Å². The number of methoxy groups -OCH3 is 2. The van der Waals surface area contributed by atoms with Crippen LogP contribution >= 0.6 is 0 Å². The fourth-order valence-corrected chi connectivity index (χ4v) is 4.91. The minimum absolute atomic E-state index is 0.0872. The number of benzene rings is 1. The van der Waals surface area contributed by atoms with Gasteiger partial charge in [0.1, 0.15) is 5.92 Å². The summed E-state index contributed by atoms with van der Waals surface area (Å²) in [6.07, 6.45) is -0.756. The largest absolute Gasteiger partial charge is 0.467 e. The predicted molar refractivity (Wildman–Crippen MR) is 96.7 cm³/mol. The van der Waals surface area contributed by atoms with Gasteiger partial charge in [0.05, 0.1) is 25.7 Å². The lowest BCUT2D eigenvalue weighted by Crippen LogP contribution is -2.64. The van der Waals surface area contributed by atoms with Crippen molar-refractivity contribution in [1.29, 1.82) is 0 Å². The van der Waals surface area contributed by atoms with Gasteiger partial charge in [-0.3, -0.25) is 9.59 Å². The number of rotatable bonds is 6. The molecule has 1 atom stereocenters. The second kappa shape index (κ2) is 8.19. The van der Waals surface area contributed by atoms with Crippen LogP contribution in [0.25, 0.3) is 0 Å². The van der Waals surface area contributed by atoms with Gasteiger partial charge in [0.25, 0.3) is 15.6 Å². The van der Waals surface area contributed by atoms with Gasteiger partial charge >= 0.3 is 17.9 Å². The lowest BCUT2D eigenvalue weighted by Gasteiger charge is -2.34. The molecule has 1 unspecified atom stereocenters. The maximum Gasteiger partial charge on any atom is 0.345 e. The molecule has 2 rings (SSSR count). The molecule has 11 heteroatoms. The van der Waals surface area contributed by atoms with Gasteiger partial charge in [-0.1, -0.05) is 17.7 Å². The zero-order valence-corrected chi connectivity index (χ0v) is 17.1. The zero-order chi connectivity index (χ0) is 22.0. The van der Waals surface area contributed by atoms with E-state index in [1.54, 1.807) is 6.92 Å². The van der Waals surface area contributed by atoms with E-state index < -0.39 is 51.7 Å². The van der Waals surface area contributed by atoms with Gasteiger partial charge in [0, 0.05) is 6.42 Å². The third-order valence-electron chi connectivity index (χ3n) is 4.55. The van der Waals surface area contributed by atoms with Crippen molar-refractivity contribution in [3.8, 4) is 0 Å². The molecule has 1 aromatic rings. The predicted octanol–water partition coefficient (Wildman–Crippen LogP) is 0.180. The Morgan fingerprint density at radius 2 is 1.62 bits per heavy atom. The van der Waals surface area contributed by atoms with E-state index in [9.17, 15) is 27.6 Å². The minimum Gasteiger partial charge on any atom is -0.467 e. The first-order valence-electron chi connectivity index (χ1n) is 8.57. The Balaban J connectivity index is 2.81. The molecule has 29 heavy (non-hydrogen) atoms. The molecule has 10 nitrogen and oxygen atoms in total. The van der Waals surface area contributed by atoms with Crippen molar-refractivity contribution < 1.29 is 41.8 Å². The second-order valence-corrected chi connectivity index (χ2v) is 8.02. The molecule has 1 saturated heterocycles. The number of amides is 1. The van der Waals surface area contributed by atoms with E-state index in [2.05, 4.69) is 9.47 Å². The van der Waals surface area contributed by atoms with E-state index in [4.69, 9.17) is 4.74 Å². The molecular weight excluding hydrogens is 406 g/mol. The lowest BCUT2D eigenvalue weighted by molar-refractivity contribution is -0.176. The maximum atomic E-state index is 13.3. The average molecular weight is 427 g/mol. The summed E-state index contributed by atoms with van der Waals surface area (Å²) in [5.41, 5.74) is -2.13. The second-order valence-electron chi connectivity index (χ2n) is 6.23. The van der Waals surface area contributed by atoms with Crippen molar-refractivity contribution in [3.05, 3.63) is 29.8 Å². The molecule has 0 N–H and O–H groups in total. The lowest BCUT2D eigenvalue weighted by atomic mass is 9.85. The fraction of sp³-hybridized carbons (Fsp3) is 0.444. The summed E-state index contributed by atoms with van der Waals surface area (Å²) < 4.78 is 40.8. The van der Waals surface area contributed by atoms with Crippen molar-refractivity contribution in [1.82, 2.24) is 4.31 Å². The standard InChI is InChI=1S/C18H21NO9S/c1-5-28-15(21)13-10-14(20)19(18(13,16(22)26-3)17(23)27-4)29(24,25)12-8-6-11(2)7-9-12/h6-9,13H,5,10H2,1-4H3. The number of nitrogens with zero attached hydrogens (tertiary/aromatic N) is 1. The highest BCUT2D eigenvalue weighted by atomic mass is 32.2. The van der Waals surface area contributed by atoms with E-state index in [-0.39, 0.29) is 15.8 Å². The van der Waals surface area contributed by atoms with Crippen LogP contribution in [0.1, 0.15) is 18.9 Å². The Bertz CT molecular complexity index is 921. The van der Waals surface area contributed by atoms with Crippen LogP contribution in [0.5, 0.6) is 0 Å². The molecule has 0 bridgehead atoms. The van der Waals surface area contributed by atoms with Gasteiger partial charge in [0.2, 0.25) is 5.91 Å². The van der Waals surface area contributed by atoms with Gasteiger partial charge in [-0.2, -0.15) is 0 Å². The van der Waals surface area contributed by atoms with Crippen LogP contribution in [0.2, 0.25) is 0 Å². The molecule has 0 saturated carbocycles. The first-order chi connectivity index (χ1) is 13.6. The van der Waals surface area contributed by atoms with Gasteiger partial charge in [-0.15, -0.1) is 0 Å². The van der Waals surface area contributed by atoms with Crippen LogP contribution in [0.15, 0.2) is 29.2 Å². The van der Waals surface area contributed by atoms with Crippen molar-refractivity contribution in [3.63, 3.8) is 0 Å². The topological polar surface area (TPSA) is 133 Å². The van der Waals surface area contributed by atoms with Gasteiger partial charge in [0.15, 0.2) is 0 Å². The summed E-state index contributed by atoms with van der Waals surface area (Å²) in [7, 11) is -2.93. The maximum absolute atomic E-state index is 13.3. The van der Waals surface area contributed by atoms with Crippen molar-refractivity contribution in [2.24, 2.45) is 5.92 Å². The number of carbonyl (C=O) groups excluding carboxylic acids is 4. The Morgan fingerprint density at radius 3 is 2.07 bits per heavy atom. The van der Waals surface area contributed by atoms with Crippen LogP contribution in [-0.2, 0) is 43.4 Å². The third-order valence-corrected chi connectivity index (χ3v) is 6.39. The molecule has 158 valence electrons. The van der Waals surface area contributed by atoms with Crippen molar-refractivity contribution >= 4 is 33.8 Å². The highest BCUT2D eigenvalue weighted by molar-refractivity contribution is 7.89. The number of hydrogen-bond acceptors (Lipinski definition) is 9. The SMILES string of the molecule is CCOC(=O)C1CC(=O)N(S(=O)(=O)c2ccc(C)cc2)C1(C(=O)OC)C(=O)OC. The Labute approximate surface area is 167 Å². The molecule has 1 fully saturated rings. The Hall–Kier alpha value is -2.95. The first-order valence-corrected chi connectivity index (χ1v) is 10.0. The molecule has 1 heterocycles. The summed E-state index contributed by atoms with van der Waals surface area (Å²) in [5.74, 6) is -6.86. The van der Waals surface area contributed by atoms with Gasteiger partial charge in [-0.25, -0.2) is 22.3 Å². The molecule has 1 aliphatic heterocycles.